The van der Waals surface area contributed by atoms with Crippen LogP contribution in [0.5, 0.6) is 11.5 Å². The van der Waals surface area contributed by atoms with Crippen LogP contribution >= 0.6 is 0 Å². The molecule has 1 heterocycles. The van der Waals surface area contributed by atoms with Crippen LogP contribution in [-0.2, 0) is 15.4 Å². The first kappa shape index (κ1) is 22.7. The third kappa shape index (κ3) is 3.71. The van der Waals surface area contributed by atoms with Gasteiger partial charge in [-0.3, -0.25) is 0 Å². The van der Waals surface area contributed by atoms with Gasteiger partial charge in [-0.05, 0) is 58.5 Å². The fraction of sp³-hybridized carbons (Fsp3) is 0.286. The molecular formula is C28H29NO4S. The van der Waals surface area contributed by atoms with Crippen LogP contribution in [-0.4, -0.2) is 46.3 Å². The molecule has 0 amide bonds. The lowest BCUT2D eigenvalue weighted by Gasteiger charge is -2.50. The molecule has 0 N–H and O–H groups in total. The molecule has 2 aliphatic rings. The lowest BCUT2D eigenvalue weighted by molar-refractivity contribution is 0.208. The Kier molecular flexibility index (Phi) is 5.74. The monoisotopic (exact) mass is 475 g/mol. The first-order chi connectivity index (χ1) is 16.4. The molecule has 0 aromatic heterocycles. The van der Waals surface area contributed by atoms with Gasteiger partial charge >= 0.3 is 0 Å². The number of piperidine rings is 1. The highest BCUT2D eigenvalue weighted by Gasteiger charge is 2.49. The zero-order valence-corrected chi connectivity index (χ0v) is 20.5. The molecule has 3 aromatic rings. The Balaban J connectivity index is 1.76. The summed E-state index contributed by atoms with van der Waals surface area (Å²) in [4.78, 5) is 0. The molecule has 0 saturated carbocycles. The van der Waals surface area contributed by atoms with Gasteiger partial charge in [-0.25, -0.2) is 12.7 Å². The molecule has 1 saturated heterocycles. The van der Waals surface area contributed by atoms with Crippen LogP contribution in [0.4, 0.5) is 0 Å². The zero-order valence-electron chi connectivity index (χ0n) is 19.7. The maximum Gasteiger partial charge on any atom is 0.211 e. The van der Waals surface area contributed by atoms with E-state index in [2.05, 4.69) is 54.6 Å². The molecular weight excluding hydrogens is 446 g/mol. The van der Waals surface area contributed by atoms with Gasteiger partial charge in [0.15, 0.2) is 0 Å². The summed E-state index contributed by atoms with van der Waals surface area (Å²) in [6, 6.07) is 24.8. The van der Waals surface area contributed by atoms with Crippen LogP contribution in [0.3, 0.4) is 0 Å². The van der Waals surface area contributed by atoms with Crippen LogP contribution in [0, 0.1) is 5.92 Å². The van der Waals surface area contributed by atoms with E-state index >= 15 is 0 Å². The van der Waals surface area contributed by atoms with Crippen LogP contribution in [0.2, 0.25) is 0 Å². The Morgan fingerprint density at radius 3 is 2.24 bits per heavy atom. The summed E-state index contributed by atoms with van der Waals surface area (Å²) in [6.45, 7) is 0.913. The van der Waals surface area contributed by atoms with Gasteiger partial charge in [0.05, 0.1) is 20.5 Å². The van der Waals surface area contributed by atoms with Gasteiger partial charge in [-0.1, -0.05) is 54.6 Å². The van der Waals surface area contributed by atoms with E-state index in [4.69, 9.17) is 9.47 Å². The Morgan fingerprint density at radius 2 is 1.59 bits per heavy atom. The number of nitrogens with zero attached hydrogens (tertiary/aromatic N) is 1. The van der Waals surface area contributed by atoms with Gasteiger partial charge in [-0.15, -0.1) is 0 Å². The number of benzene rings is 3. The molecule has 0 unspecified atom stereocenters. The van der Waals surface area contributed by atoms with E-state index in [-0.39, 0.29) is 11.3 Å². The number of ether oxygens (including phenoxy) is 2. The first-order valence-corrected chi connectivity index (χ1v) is 13.3. The molecule has 0 radical (unpaired) electrons. The second-order valence-electron chi connectivity index (χ2n) is 9.04. The SMILES string of the molecule is COc1ccc(C2=C[C@@H]3CN(S(C)(=O)=O)CC[C@]3(c3ccccc3)c3cc(OC)ccc32)cc1. The standard InChI is InChI=1S/C28H29NO4S/c1-32-23-11-9-20(10-12-23)26-17-22-19-29(34(3,30)31)16-15-28(22,21-7-5-4-6-8-21)27-18-24(33-2)13-14-25(26)27/h4-14,17-18,22H,15-16,19H2,1-3H3/t22-,28-/m1/s1. The minimum atomic E-state index is -3.30. The molecule has 6 heteroatoms. The molecule has 2 atom stereocenters. The maximum absolute atomic E-state index is 12.5. The van der Waals surface area contributed by atoms with Crippen molar-refractivity contribution in [3.8, 4) is 11.5 Å². The van der Waals surface area contributed by atoms with E-state index in [0.29, 0.717) is 19.5 Å². The fourth-order valence-corrected chi connectivity index (χ4v) is 6.45. The minimum absolute atomic E-state index is 0.0323. The van der Waals surface area contributed by atoms with Gasteiger partial charge in [0.25, 0.3) is 0 Å². The molecule has 1 aliphatic carbocycles. The Hall–Kier alpha value is -3.09. The van der Waals surface area contributed by atoms with E-state index in [9.17, 15) is 8.42 Å². The Labute approximate surface area is 201 Å². The fourth-order valence-electron chi connectivity index (χ4n) is 5.60. The average Bonchev–Trinajstić information content (AvgIpc) is 2.87. The quantitative estimate of drug-likeness (QED) is 0.536. The smallest absolute Gasteiger partial charge is 0.211 e. The zero-order chi connectivity index (χ0) is 23.9. The number of rotatable bonds is 5. The van der Waals surface area contributed by atoms with Crippen molar-refractivity contribution in [3.05, 3.63) is 101 Å². The predicted octanol–water partition coefficient (Wildman–Crippen LogP) is 4.72. The normalized spacial score (nSPS) is 22.3. The summed E-state index contributed by atoms with van der Waals surface area (Å²) < 4.78 is 37.7. The number of sulfonamides is 1. The molecule has 34 heavy (non-hydrogen) atoms. The number of fused-ring (bicyclic) bond motifs is 3. The number of hydrogen-bond donors (Lipinski definition) is 0. The molecule has 1 fully saturated rings. The molecule has 3 aromatic carbocycles. The van der Waals surface area contributed by atoms with Crippen molar-refractivity contribution in [3.63, 3.8) is 0 Å². The van der Waals surface area contributed by atoms with E-state index in [0.717, 1.165) is 28.2 Å². The molecule has 176 valence electrons. The highest BCUT2D eigenvalue weighted by Crippen LogP contribution is 2.53. The van der Waals surface area contributed by atoms with Crippen molar-refractivity contribution in [1.82, 2.24) is 4.31 Å². The lowest BCUT2D eigenvalue weighted by Crippen LogP contribution is -2.52. The van der Waals surface area contributed by atoms with Crippen molar-refractivity contribution in [2.75, 3.05) is 33.6 Å². The first-order valence-electron chi connectivity index (χ1n) is 11.4. The average molecular weight is 476 g/mol. The summed E-state index contributed by atoms with van der Waals surface area (Å²) >= 11 is 0. The van der Waals surface area contributed by atoms with Crippen molar-refractivity contribution >= 4 is 15.6 Å². The third-order valence-electron chi connectivity index (χ3n) is 7.31. The number of methoxy groups -OCH3 is 2. The Morgan fingerprint density at radius 1 is 0.912 bits per heavy atom. The van der Waals surface area contributed by atoms with Crippen molar-refractivity contribution in [2.24, 2.45) is 5.92 Å². The van der Waals surface area contributed by atoms with Gasteiger partial charge < -0.3 is 9.47 Å². The van der Waals surface area contributed by atoms with Gasteiger partial charge in [0, 0.05) is 24.4 Å². The summed E-state index contributed by atoms with van der Waals surface area (Å²) in [5.74, 6) is 1.57. The summed E-state index contributed by atoms with van der Waals surface area (Å²) in [5.41, 5.74) is 5.37. The van der Waals surface area contributed by atoms with Gasteiger partial charge in [-0.2, -0.15) is 0 Å². The van der Waals surface area contributed by atoms with Gasteiger partial charge in [0.1, 0.15) is 11.5 Å². The third-order valence-corrected chi connectivity index (χ3v) is 8.58. The largest absolute Gasteiger partial charge is 0.497 e. The van der Waals surface area contributed by atoms with E-state index < -0.39 is 10.0 Å². The van der Waals surface area contributed by atoms with Crippen LogP contribution < -0.4 is 9.47 Å². The maximum atomic E-state index is 12.5. The van der Waals surface area contributed by atoms with Crippen molar-refractivity contribution in [2.45, 2.75) is 11.8 Å². The molecule has 5 nitrogen and oxygen atoms in total. The Bertz CT molecular complexity index is 1330. The summed E-state index contributed by atoms with van der Waals surface area (Å²) in [5, 5.41) is 0. The molecule has 0 spiro atoms. The van der Waals surface area contributed by atoms with Crippen molar-refractivity contribution < 1.29 is 17.9 Å². The molecule has 1 aliphatic heterocycles. The second kappa shape index (κ2) is 8.60. The van der Waals surface area contributed by atoms with Crippen LogP contribution in [0.15, 0.2) is 78.9 Å². The van der Waals surface area contributed by atoms with Gasteiger partial charge in [0.2, 0.25) is 10.0 Å². The second-order valence-corrected chi connectivity index (χ2v) is 11.0. The lowest BCUT2D eigenvalue weighted by atomic mass is 9.57. The minimum Gasteiger partial charge on any atom is -0.497 e. The highest BCUT2D eigenvalue weighted by molar-refractivity contribution is 7.88. The van der Waals surface area contributed by atoms with E-state index in [1.807, 2.05) is 24.3 Å². The van der Waals surface area contributed by atoms with E-state index in [1.165, 1.54) is 17.4 Å². The van der Waals surface area contributed by atoms with Crippen molar-refractivity contribution in [1.29, 1.82) is 0 Å². The predicted molar refractivity (Wildman–Crippen MR) is 135 cm³/mol. The topological polar surface area (TPSA) is 55.8 Å². The van der Waals surface area contributed by atoms with Crippen LogP contribution in [0.1, 0.15) is 28.7 Å². The highest BCUT2D eigenvalue weighted by atomic mass is 32.2. The van der Waals surface area contributed by atoms with E-state index in [1.54, 1.807) is 18.5 Å². The number of hydrogen-bond acceptors (Lipinski definition) is 4. The van der Waals surface area contributed by atoms with Crippen LogP contribution in [0.25, 0.3) is 5.57 Å². The molecule has 0 bridgehead atoms. The summed E-state index contributed by atoms with van der Waals surface area (Å²) in [6.07, 6.45) is 4.28. The molecule has 5 rings (SSSR count). The summed E-state index contributed by atoms with van der Waals surface area (Å²) in [7, 11) is 0.0396.